The largest absolute Gasteiger partial charge is 0.372 e. The highest BCUT2D eigenvalue weighted by Gasteiger charge is 2.31. The van der Waals surface area contributed by atoms with Gasteiger partial charge in [0, 0.05) is 18.0 Å². The maximum atomic E-state index is 12.3. The van der Waals surface area contributed by atoms with E-state index in [4.69, 9.17) is 5.14 Å². The number of aromatic nitrogens is 4. The molecule has 2 aromatic rings. The summed E-state index contributed by atoms with van der Waals surface area (Å²) < 4.78 is 24.6. The molecule has 4 rings (SSSR count). The van der Waals surface area contributed by atoms with Gasteiger partial charge in [-0.05, 0) is 54.9 Å². The van der Waals surface area contributed by atoms with E-state index >= 15 is 0 Å². The van der Waals surface area contributed by atoms with Crippen LogP contribution in [0.4, 0.5) is 0 Å². The number of hydrogen-bond acceptors (Lipinski definition) is 7. The fourth-order valence-corrected chi connectivity index (χ4v) is 5.29. The zero-order valence-corrected chi connectivity index (χ0v) is 16.0. The van der Waals surface area contributed by atoms with Gasteiger partial charge in [0.15, 0.2) is 0 Å². The molecule has 1 aliphatic heterocycles. The molecule has 2 aliphatic rings. The van der Waals surface area contributed by atoms with Crippen LogP contribution in [0.15, 0.2) is 22.0 Å². The molecule has 0 atom stereocenters. The molecule has 0 unspecified atom stereocenters. The Kier molecular flexibility index (Phi) is 4.68. The molecule has 1 aromatic carbocycles. The van der Waals surface area contributed by atoms with Crippen molar-refractivity contribution in [3.8, 4) is 11.4 Å². The molecule has 0 spiro atoms. The number of H-pyrrole nitrogens is 1. The third-order valence-electron chi connectivity index (χ3n) is 5.49. The van der Waals surface area contributed by atoms with E-state index in [2.05, 4.69) is 30.9 Å². The van der Waals surface area contributed by atoms with E-state index in [0.717, 1.165) is 50.2 Å². The average Bonchev–Trinajstić information content (AvgIpc) is 3.34. The first kappa shape index (κ1) is 18.1. The fourth-order valence-electron chi connectivity index (χ4n) is 4.27. The molecular formula is C17H23N7O2S. The maximum Gasteiger partial charge on any atom is 0.239 e. The van der Waals surface area contributed by atoms with Crippen LogP contribution in [0.5, 0.6) is 0 Å². The Morgan fingerprint density at radius 3 is 2.48 bits per heavy atom. The molecule has 27 heavy (non-hydrogen) atoms. The van der Waals surface area contributed by atoms with Crippen LogP contribution in [0.25, 0.3) is 11.4 Å². The number of aliphatic imine (C=N–C) groups is 1. The summed E-state index contributed by atoms with van der Waals surface area (Å²) in [5, 5.41) is 23.0. The van der Waals surface area contributed by atoms with Crippen molar-refractivity contribution in [3.63, 3.8) is 0 Å². The molecule has 9 nitrogen and oxygen atoms in total. The Morgan fingerprint density at radius 1 is 1.15 bits per heavy atom. The zero-order chi connectivity index (χ0) is 19.0. The fraction of sp³-hybridized carbons (Fsp3) is 0.529. The number of benzene rings is 1. The van der Waals surface area contributed by atoms with E-state index in [1.807, 2.05) is 12.1 Å². The first-order valence-corrected chi connectivity index (χ1v) is 10.7. The lowest BCUT2D eigenvalue weighted by molar-refractivity contribution is 0.388. The van der Waals surface area contributed by atoms with Crippen molar-refractivity contribution in [2.24, 2.45) is 16.0 Å². The summed E-state index contributed by atoms with van der Waals surface area (Å²) in [5.74, 6) is 2.07. The predicted octanol–water partition coefficient (Wildman–Crippen LogP) is 1.10. The van der Waals surface area contributed by atoms with Crippen molar-refractivity contribution in [3.05, 3.63) is 23.3 Å². The van der Waals surface area contributed by atoms with Gasteiger partial charge in [-0.15, -0.1) is 10.2 Å². The van der Waals surface area contributed by atoms with E-state index in [1.54, 1.807) is 6.92 Å². The van der Waals surface area contributed by atoms with Crippen LogP contribution >= 0.6 is 0 Å². The van der Waals surface area contributed by atoms with Crippen LogP contribution in [0.2, 0.25) is 0 Å². The minimum atomic E-state index is -3.93. The van der Waals surface area contributed by atoms with E-state index in [-0.39, 0.29) is 16.6 Å². The van der Waals surface area contributed by atoms with E-state index < -0.39 is 10.0 Å². The lowest BCUT2D eigenvalue weighted by atomic mass is 9.76. The van der Waals surface area contributed by atoms with Crippen LogP contribution in [0.1, 0.15) is 42.7 Å². The van der Waals surface area contributed by atoms with Gasteiger partial charge in [-0.1, -0.05) is 12.1 Å². The van der Waals surface area contributed by atoms with Gasteiger partial charge in [-0.3, -0.25) is 4.99 Å². The third-order valence-corrected chi connectivity index (χ3v) is 6.59. The molecule has 1 saturated carbocycles. The molecule has 2 heterocycles. The second-order valence-electron chi connectivity index (χ2n) is 7.20. The molecule has 0 radical (unpaired) electrons. The number of amidine groups is 1. The Hall–Kier alpha value is -2.33. The molecule has 0 saturated heterocycles. The first-order chi connectivity index (χ1) is 12.9. The highest BCUT2D eigenvalue weighted by molar-refractivity contribution is 7.89. The summed E-state index contributed by atoms with van der Waals surface area (Å²) in [6, 6.07) is 3.79. The van der Waals surface area contributed by atoms with Crippen molar-refractivity contribution in [2.45, 2.75) is 43.4 Å². The van der Waals surface area contributed by atoms with E-state index in [1.165, 1.54) is 0 Å². The van der Waals surface area contributed by atoms with Gasteiger partial charge in [0.1, 0.15) is 0 Å². The summed E-state index contributed by atoms with van der Waals surface area (Å²) >= 11 is 0. The maximum absolute atomic E-state index is 12.3. The van der Waals surface area contributed by atoms with Crippen molar-refractivity contribution in [1.29, 1.82) is 0 Å². The van der Waals surface area contributed by atoms with Crippen molar-refractivity contribution in [1.82, 2.24) is 25.9 Å². The number of aromatic amines is 1. The highest BCUT2D eigenvalue weighted by Crippen LogP contribution is 2.42. The molecule has 0 amide bonds. The van der Waals surface area contributed by atoms with Gasteiger partial charge < -0.3 is 5.32 Å². The molecular weight excluding hydrogens is 366 g/mol. The quantitative estimate of drug-likeness (QED) is 0.715. The summed E-state index contributed by atoms with van der Waals surface area (Å²) in [7, 11) is -3.93. The van der Waals surface area contributed by atoms with Crippen LogP contribution in [0.3, 0.4) is 0 Å². The van der Waals surface area contributed by atoms with Crippen molar-refractivity contribution >= 4 is 15.9 Å². The number of nitrogens with two attached hydrogens (primary N) is 1. The zero-order valence-electron chi connectivity index (χ0n) is 15.1. The van der Waals surface area contributed by atoms with Crippen LogP contribution in [-0.2, 0) is 10.0 Å². The van der Waals surface area contributed by atoms with Crippen molar-refractivity contribution < 1.29 is 8.42 Å². The first-order valence-electron chi connectivity index (χ1n) is 9.13. The molecule has 4 N–H and O–H groups in total. The van der Waals surface area contributed by atoms with E-state index in [0.29, 0.717) is 17.0 Å². The smallest absolute Gasteiger partial charge is 0.239 e. The lowest BCUT2D eigenvalue weighted by Gasteiger charge is -2.30. The van der Waals surface area contributed by atoms with Crippen LogP contribution in [-0.4, -0.2) is 48.0 Å². The second kappa shape index (κ2) is 7.01. The topological polar surface area (TPSA) is 139 Å². The van der Waals surface area contributed by atoms with Crippen molar-refractivity contribution in [2.75, 3.05) is 13.1 Å². The number of nitrogens with one attached hydrogen (secondary N) is 2. The minimum absolute atomic E-state index is 0.0883. The molecule has 10 heteroatoms. The van der Waals surface area contributed by atoms with Crippen LogP contribution in [0, 0.1) is 12.8 Å². The molecule has 144 valence electrons. The van der Waals surface area contributed by atoms with Gasteiger partial charge in [0.25, 0.3) is 0 Å². The summed E-state index contributed by atoms with van der Waals surface area (Å²) in [6.45, 7) is 3.51. The number of aryl methyl sites for hydroxylation is 1. The molecule has 0 bridgehead atoms. The Bertz CT molecular complexity index is 961. The predicted molar refractivity (Wildman–Crippen MR) is 101 cm³/mol. The van der Waals surface area contributed by atoms with Gasteiger partial charge >= 0.3 is 0 Å². The third kappa shape index (κ3) is 3.46. The SMILES string of the molecule is Cc1ccc(C2CCC(C3=NCCN3)CC2)c(-c2nn[nH]n2)c1S(N)(=O)=O. The summed E-state index contributed by atoms with van der Waals surface area (Å²) in [6.07, 6.45) is 3.92. The lowest BCUT2D eigenvalue weighted by Crippen LogP contribution is -2.30. The minimum Gasteiger partial charge on any atom is -0.372 e. The van der Waals surface area contributed by atoms with Gasteiger partial charge in [-0.2, -0.15) is 5.21 Å². The standard InChI is InChI=1S/C17H23N7O2S/c1-10-2-7-13(11-3-5-12(6-4-11)16-19-8-9-20-16)14(15(10)27(18,25)26)17-21-23-24-22-17/h2,7,11-12H,3-6,8-9H2,1H3,(H,19,20)(H2,18,25,26)(H,21,22,23,24). The van der Waals surface area contributed by atoms with Gasteiger partial charge in [-0.25, -0.2) is 13.6 Å². The Morgan fingerprint density at radius 2 is 1.89 bits per heavy atom. The number of tetrazole rings is 1. The number of sulfonamides is 1. The normalized spacial score (nSPS) is 23.1. The molecule has 1 aliphatic carbocycles. The molecule has 1 fully saturated rings. The number of primary sulfonamides is 1. The summed E-state index contributed by atoms with van der Waals surface area (Å²) in [4.78, 5) is 4.64. The highest BCUT2D eigenvalue weighted by atomic mass is 32.2. The molecule has 1 aromatic heterocycles. The number of nitrogens with zero attached hydrogens (tertiary/aromatic N) is 4. The van der Waals surface area contributed by atoms with Gasteiger partial charge in [0.05, 0.1) is 17.3 Å². The monoisotopic (exact) mass is 389 g/mol. The number of rotatable bonds is 4. The number of hydrogen-bond donors (Lipinski definition) is 3. The summed E-state index contributed by atoms with van der Waals surface area (Å²) in [5.41, 5.74) is 1.98. The van der Waals surface area contributed by atoms with Gasteiger partial charge in [0.2, 0.25) is 15.8 Å². The van der Waals surface area contributed by atoms with Crippen LogP contribution < -0.4 is 10.5 Å². The average molecular weight is 389 g/mol. The Balaban J connectivity index is 1.71. The second-order valence-corrected chi connectivity index (χ2v) is 8.70. The Labute approximate surface area is 157 Å². The van der Waals surface area contributed by atoms with E-state index in [9.17, 15) is 8.42 Å².